The summed E-state index contributed by atoms with van der Waals surface area (Å²) in [6.07, 6.45) is 3.50. The fourth-order valence-corrected chi connectivity index (χ4v) is 1.13. The number of aromatic nitrogens is 2. The molecule has 4 heteroatoms. The van der Waals surface area contributed by atoms with E-state index in [-0.39, 0.29) is 0 Å². The number of carbonyl (C=O) groups excluding carboxylic acids is 1. The van der Waals surface area contributed by atoms with Gasteiger partial charge in [0, 0.05) is 18.0 Å². The van der Waals surface area contributed by atoms with Crippen LogP contribution in [0.5, 0.6) is 0 Å². The number of nitrogens with two attached hydrogens (primary N) is 1. The van der Waals surface area contributed by atoms with E-state index in [1.807, 2.05) is 12.3 Å². The first-order valence-electron chi connectivity index (χ1n) is 4.09. The summed E-state index contributed by atoms with van der Waals surface area (Å²) in [5.74, 6) is -0.475. The summed E-state index contributed by atoms with van der Waals surface area (Å²) < 4.78 is 1.68. The van der Waals surface area contributed by atoms with E-state index in [2.05, 4.69) is 11.2 Å². The minimum absolute atomic E-state index is 0.376. The van der Waals surface area contributed by atoms with E-state index in [0.29, 0.717) is 5.56 Å². The fraction of sp³-hybridized carbons (Fsp3) is 0. The molecule has 0 atom stereocenters. The van der Waals surface area contributed by atoms with Gasteiger partial charge in [0.15, 0.2) is 0 Å². The van der Waals surface area contributed by atoms with Gasteiger partial charge < -0.3 is 5.73 Å². The van der Waals surface area contributed by atoms with Gasteiger partial charge in [-0.05, 0) is 30.3 Å². The average Bonchev–Trinajstić information content (AvgIpc) is 2.71. The molecule has 0 unspecified atom stereocenters. The van der Waals surface area contributed by atoms with Gasteiger partial charge in [-0.15, -0.1) is 0 Å². The van der Waals surface area contributed by atoms with Crippen molar-refractivity contribution in [3.8, 4) is 5.69 Å². The monoisotopic (exact) mass is 186 g/mol. The molecule has 1 aromatic carbocycles. The number of hydrogen-bond donors (Lipinski definition) is 1. The molecule has 0 bridgehead atoms. The van der Waals surface area contributed by atoms with Crippen molar-refractivity contribution in [3.63, 3.8) is 0 Å². The second kappa shape index (κ2) is 3.33. The average molecular weight is 186 g/mol. The summed E-state index contributed by atoms with van der Waals surface area (Å²) in [6.45, 7) is 0. The van der Waals surface area contributed by atoms with Gasteiger partial charge in [0.05, 0.1) is 5.69 Å². The molecule has 1 radical (unpaired) electrons. The van der Waals surface area contributed by atoms with E-state index < -0.39 is 5.91 Å². The van der Waals surface area contributed by atoms with Crippen molar-refractivity contribution in [2.45, 2.75) is 0 Å². The lowest BCUT2D eigenvalue weighted by Crippen LogP contribution is -2.10. The van der Waals surface area contributed by atoms with Crippen molar-refractivity contribution >= 4 is 5.91 Å². The Morgan fingerprint density at radius 1 is 1.50 bits per heavy atom. The molecule has 0 aliphatic heterocycles. The predicted octanol–water partition coefficient (Wildman–Crippen LogP) is 0.771. The zero-order chi connectivity index (χ0) is 9.97. The second-order valence-corrected chi connectivity index (χ2v) is 2.78. The molecule has 14 heavy (non-hydrogen) atoms. The van der Waals surface area contributed by atoms with Crippen molar-refractivity contribution in [1.29, 1.82) is 0 Å². The summed E-state index contributed by atoms with van der Waals surface area (Å²) in [6, 6.07) is 9.68. The Morgan fingerprint density at radius 2 is 2.36 bits per heavy atom. The van der Waals surface area contributed by atoms with Crippen LogP contribution in [0.4, 0.5) is 0 Å². The zero-order valence-corrected chi connectivity index (χ0v) is 7.34. The largest absolute Gasteiger partial charge is 0.366 e. The lowest BCUT2D eigenvalue weighted by molar-refractivity contribution is 0.1000. The molecular formula is C10H8N3O. The lowest BCUT2D eigenvalue weighted by atomic mass is 10.2. The van der Waals surface area contributed by atoms with Gasteiger partial charge in [0.25, 0.3) is 0 Å². The Kier molecular flexibility index (Phi) is 2.02. The maximum Gasteiger partial charge on any atom is 0.249 e. The van der Waals surface area contributed by atoms with Crippen LogP contribution in [0.3, 0.4) is 0 Å². The molecule has 1 amide bonds. The molecule has 0 spiro atoms. The van der Waals surface area contributed by atoms with Gasteiger partial charge in [-0.3, -0.25) is 4.79 Å². The van der Waals surface area contributed by atoms with Gasteiger partial charge in [-0.2, -0.15) is 5.10 Å². The predicted molar refractivity (Wildman–Crippen MR) is 50.9 cm³/mol. The lowest BCUT2D eigenvalue weighted by Gasteiger charge is -2.00. The molecule has 2 rings (SSSR count). The SMILES string of the molecule is NC(=O)c1[c]cc(-n2cccn2)cc1. The Hall–Kier alpha value is -2.10. The van der Waals surface area contributed by atoms with Crippen molar-refractivity contribution in [2.75, 3.05) is 0 Å². The van der Waals surface area contributed by atoms with Crippen LogP contribution in [0.25, 0.3) is 5.69 Å². The Balaban J connectivity index is 2.36. The highest BCUT2D eigenvalue weighted by atomic mass is 16.1. The van der Waals surface area contributed by atoms with Crippen LogP contribution in [0.1, 0.15) is 10.4 Å². The maximum absolute atomic E-state index is 10.8. The van der Waals surface area contributed by atoms with Crippen LogP contribution in [0.15, 0.2) is 36.7 Å². The molecule has 0 saturated heterocycles. The molecule has 0 fully saturated rings. The van der Waals surface area contributed by atoms with Gasteiger partial charge in [-0.1, -0.05) is 0 Å². The van der Waals surface area contributed by atoms with Gasteiger partial charge in [0.2, 0.25) is 5.91 Å². The first kappa shape index (κ1) is 8.50. The summed E-state index contributed by atoms with van der Waals surface area (Å²) in [7, 11) is 0. The van der Waals surface area contributed by atoms with E-state index in [9.17, 15) is 4.79 Å². The quantitative estimate of drug-likeness (QED) is 0.753. The van der Waals surface area contributed by atoms with Crippen LogP contribution in [0, 0.1) is 6.07 Å². The number of benzene rings is 1. The number of carbonyl (C=O) groups is 1. The van der Waals surface area contributed by atoms with Crippen molar-refractivity contribution in [1.82, 2.24) is 9.78 Å². The summed E-state index contributed by atoms with van der Waals surface area (Å²) >= 11 is 0. The highest BCUT2D eigenvalue weighted by Gasteiger charge is 2.00. The molecule has 2 aromatic rings. The van der Waals surface area contributed by atoms with E-state index in [1.165, 1.54) is 0 Å². The van der Waals surface area contributed by atoms with Crippen LogP contribution < -0.4 is 5.73 Å². The Bertz CT molecular complexity index is 431. The smallest absolute Gasteiger partial charge is 0.249 e. The first-order chi connectivity index (χ1) is 6.77. The fourth-order valence-electron chi connectivity index (χ4n) is 1.13. The number of rotatable bonds is 2. The van der Waals surface area contributed by atoms with E-state index in [0.717, 1.165) is 5.69 Å². The third-order valence-electron chi connectivity index (χ3n) is 1.83. The van der Waals surface area contributed by atoms with Gasteiger partial charge >= 0.3 is 0 Å². The molecule has 4 nitrogen and oxygen atoms in total. The van der Waals surface area contributed by atoms with Crippen molar-refractivity contribution in [3.05, 3.63) is 48.3 Å². The number of primary amides is 1. The van der Waals surface area contributed by atoms with Crippen molar-refractivity contribution < 1.29 is 4.79 Å². The summed E-state index contributed by atoms with van der Waals surface area (Å²) in [5, 5.41) is 4.04. The maximum atomic E-state index is 10.8. The number of hydrogen-bond acceptors (Lipinski definition) is 2. The summed E-state index contributed by atoms with van der Waals surface area (Å²) in [4.78, 5) is 10.8. The Morgan fingerprint density at radius 3 is 2.86 bits per heavy atom. The molecule has 0 saturated carbocycles. The molecule has 1 heterocycles. The topological polar surface area (TPSA) is 60.9 Å². The van der Waals surface area contributed by atoms with E-state index in [4.69, 9.17) is 5.73 Å². The summed E-state index contributed by atoms with van der Waals surface area (Å²) in [5.41, 5.74) is 6.31. The normalized spacial score (nSPS) is 10.0. The number of nitrogens with zero attached hydrogens (tertiary/aromatic N) is 2. The Labute approximate surface area is 81.0 Å². The molecular weight excluding hydrogens is 178 g/mol. The second-order valence-electron chi connectivity index (χ2n) is 2.78. The third kappa shape index (κ3) is 1.50. The van der Waals surface area contributed by atoms with Gasteiger partial charge in [0.1, 0.15) is 0 Å². The number of amides is 1. The molecule has 69 valence electrons. The molecule has 1 aromatic heterocycles. The highest BCUT2D eigenvalue weighted by Crippen LogP contribution is 2.07. The zero-order valence-electron chi connectivity index (χ0n) is 7.34. The van der Waals surface area contributed by atoms with Crippen LogP contribution in [-0.2, 0) is 0 Å². The highest BCUT2D eigenvalue weighted by molar-refractivity contribution is 5.92. The minimum atomic E-state index is -0.475. The van der Waals surface area contributed by atoms with E-state index >= 15 is 0 Å². The van der Waals surface area contributed by atoms with E-state index in [1.54, 1.807) is 29.1 Å². The van der Waals surface area contributed by atoms with Crippen LogP contribution in [0.2, 0.25) is 0 Å². The minimum Gasteiger partial charge on any atom is -0.366 e. The van der Waals surface area contributed by atoms with Crippen molar-refractivity contribution in [2.24, 2.45) is 5.73 Å². The van der Waals surface area contributed by atoms with Crippen LogP contribution >= 0.6 is 0 Å². The molecule has 2 N–H and O–H groups in total. The standard InChI is InChI=1S/C10H8N3O/c11-10(14)8-2-4-9(5-3-8)13-7-1-6-12-13/h1-2,4-7H,(H2,11,14). The molecule has 0 aliphatic carbocycles. The first-order valence-corrected chi connectivity index (χ1v) is 4.09. The molecule has 0 aliphatic rings. The van der Waals surface area contributed by atoms with Gasteiger partial charge in [-0.25, -0.2) is 4.68 Å². The van der Waals surface area contributed by atoms with Crippen LogP contribution in [-0.4, -0.2) is 15.7 Å². The third-order valence-corrected chi connectivity index (χ3v) is 1.83.